The van der Waals surface area contributed by atoms with Gasteiger partial charge >= 0.3 is 11.9 Å². The van der Waals surface area contributed by atoms with Crippen molar-refractivity contribution in [3.63, 3.8) is 0 Å². The molecule has 0 bridgehead atoms. The summed E-state index contributed by atoms with van der Waals surface area (Å²) in [5.74, 6) is -0.328. The lowest BCUT2D eigenvalue weighted by Crippen LogP contribution is -2.42. The zero-order valence-corrected chi connectivity index (χ0v) is 13.8. The first-order valence-electron chi connectivity index (χ1n) is 6.96. The first kappa shape index (κ1) is 19.5. The Hall–Kier alpha value is -0.480. The number of carbonyl (C=O) groups is 2. The quantitative estimate of drug-likeness (QED) is 0.252. The third kappa shape index (κ3) is 5.88. The summed E-state index contributed by atoms with van der Waals surface area (Å²) in [7, 11) is 1.28. The van der Waals surface area contributed by atoms with E-state index in [0.29, 0.717) is 44.1 Å². The van der Waals surface area contributed by atoms with Gasteiger partial charge in [-0.1, -0.05) is 13.3 Å². The van der Waals surface area contributed by atoms with Gasteiger partial charge in [0.2, 0.25) is 0 Å². The van der Waals surface area contributed by atoms with Crippen molar-refractivity contribution in [2.75, 3.05) is 25.5 Å². The molecule has 4 nitrogen and oxygen atoms in total. The van der Waals surface area contributed by atoms with Crippen LogP contribution in [0.15, 0.2) is 0 Å². The zero-order valence-electron chi connectivity index (χ0n) is 12.3. The highest BCUT2D eigenvalue weighted by molar-refractivity contribution is 6.18. The van der Waals surface area contributed by atoms with Crippen LogP contribution in [0.4, 0.5) is 0 Å². The second kappa shape index (κ2) is 11.2. The maximum absolute atomic E-state index is 12.3. The van der Waals surface area contributed by atoms with E-state index < -0.39 is 17.4 Å². The third-order valence-corrected chi connectivity index (χ3v) is 3.71. The Morgan fingerprint density at radius 2 is 1.55 bits per heavy atom. The number of halogens is 2. The van der Waals surface area contributed by atoms with Gasteiger partial charge in [-0.15, -0.1) is 23.2 Å². The van der Waals surface area contributed by atoms with Crippen LogP contribution in [0.5, 0.6) is 0 Å². The minimum absolute atomic E-state index is 0.315. The molecular weight excluding hydrogens is 303 g/mol. The van der Waals surface area contributed by atoms with Crippen molar-refractivity contribution in [3.05, 3.63) is 0 Å². The van der Waals surface area contributed by atoms with Crippen LogP contribution in [0.25, 0.3) is 0 Å². The Kier molecular flexibility index (Phi) is 10.9. The van der Waals surface area contributed by atoms with Crippen LogP contribution in [0, 0.1) is 5.41 Å². The molecule has 0 saturated carbocycles. The lowest BCUT2D eigenvalue weighted by Gasteiger charge is -2.28. The molecule has 0 aliphatic heterocycles. The number of rotatable bonds is 11. The monoisotopic (exact) mass is 326 g/mol. The van der Waals surface area contributed by atoms with Crippen molar-refractivity contribution in [2.45, 2.75) is 45.4 Å². The predicted molar refractivity (Wildman–Crippen MR) is 80.2 cm³/mol. The van der Waals surface area contributed by atoms with Gasteiger partial charge in [0.05, 0.1) is 13.7 Å². The number of carbonyl (C=O) groups excluding carboxylic acids is 2. The second-order valence-corrected chi connectivity index (χ2v) is 5.40. The molecule has 0 spiro atoms. The SMILES string of the molecule is CCCCOC(=O)C(CCCCl)(CCCCl)C(=O)OC. The van der Waals surface area contributed by atoms with Crippen LogP contribution in [-0.4, -0.2) is 37.4 Å². The molecule has 0 aliphatic carbocycles. The Bertz CT molecular complexity index is 287. The summed E-state index contributed by atoms with van der Waals surface area (Å²) < 4.78 is 10.1. The van der Waals surface area contributed by atoms with Gasteiger partial charge in [-0.3, -0.25) is 9.59 Å². The first-order chi connectivity index (χ1) is 9.58. The van der Waals surface area contributed by atoms with Gasteiger partial charge in [0.25, 0.3) is 0 Å². The lowest BCUT2D eigenvalue weighted by molar-refractivity contribution is -0.172. The molecule has 0 unspecified atom stereocenters. The summed E-state index contributed by atoms with van der Waals surface area (Å²) in [5.41, 5.74) is -1.27. The Morgan fingerprint density at radius 3 is 1.95 bits per heavy atom. The van der Waals surface area contributed by atoms with E-state index in [9.17, 15) is 9.59 Å². The molecule has 6 heteroatoms. The van der Waals surface area contributed by atoms with Crippen molar-refractivity contribution in [1.82, 2.24) is 0 Å². The third-order valence-electron chi connectivity index (χ3n) is 3.17. The van der Waals surface area contributed by atoms with E-state index in [-0.39, 0.29) is 0 Å². The van der Waals surface area contributed by atoms with Crippen LogP contribution >= 0.6 is 23.2 Å². The van der Waals surface area contributed by atoms with E-state index in [1.807, 2.05) is 6.92 Å². The van der Waals surface area contributed by atoms with Gasteiger partial charge in [-0.25, -0.2) is 0 Å². The highest BCUT2D eigenvalue weighted by Gasteiger charge is 2.47. The number of methoxy groups -OCH3 is 1. The average Bonchev–Trinajstić information content (AvgIpc) is 2.47. The van der Waals surface area contributed by atoms with Gasteiger partial charge in [0.1, 0.15) is 0 Å². The molecule has 0 rings (SSSR count). The number of alkyl halides is 2. The van der Waals surface area contributed by atoms with Crippen molar-refractivity contribution in [2.24, 2.45) is 5.41 Å². The lowest BCUT2D eigenvalue weighted by atomic mass is 9.79. The molecule has 118 valence electrons. The Labute approximate surface area is 131 Å². The van der Waals surface area contributed by atoms with E-state index in [4.69, 9.17) is 32.7 Å². The van der Waals surface area contributed by atoms with Crippen molar-refractivity contribution in [1.29, 1.82) is 0 Å². The molecule has 0 aromatic carbocycles. The van der Waals surface area contributed by atoms with E-state index in [0.717, 1.165) is 12.8 Å². The number of unbranched alkanes of at least 4 members (excludes halogenated alkanes) is 1. The van der Waals surface area contributed by atoms with Gasteiger partial charge in [0.15, 0.2) is 5.41 Å². The van der Waals surface area contributed by atoms with Crippen molar-refractivity contribution < 1.29 is 19.1 Å². The summed E-state index contributed by atoms with van der Waals surface area (Å²) in [6, 6.07) is 0. The molecule has 0 heterocycles. The minimum atomic E-state index is -1.27. The maximum atomic E-state index is 12.3. The van der Waals surface area contributed by atoms with E-state index in [2.05, 4.69) is 0 Å². The summed E-state index contributed by atoms with van der Waals surface area (Å²) in [4.78, 5) is 24.5. The second-order valence-electron chi connectivity index (χ2n) is 4.65. The normalized spacial score (nSPS) is 11.2. The molecule has 0 saturated heterocycles. The molecule has 0 radical (unpaired) electrons. The molecular formula is C14H24Cl2O4. The van der Waals surface area contributed by atoms with Crippen LogP contribution in [0.1, 0.15) is 45.4 Å². The summed E-state index contributed by atoms with van der Waals surface area (Å²) in [6.07, 6.45) is 3.43. The molecule has 0 aliphatic rings. The standard InChI is InChI=1S/C14H24Cl2O4/c1-3-4-11-20-13(18)14(7-5-9-15,8-6-10-16)12(17)19-2/h3-11H2,1-2H3. The predicted octanol–water partition coefficient (Wildman–Crippen LogP) is 3.53. The molecule has 0 aromatic heterocycles. The van der Waals surface area contributed by atoms with Gasteiger partial charge in [-0.2, -0.15) is 0 Å². The fourth-order valence-corrected chi connectivity index (χ4v) is 2.26. The van der Waals surface area contributed by atoms with E-state index in [1.54, 1.807) is 0 Å². The number of ether oxygens (including phenoxy) is 2. The summed E-state index contributed by atoms with van der Waals surface area (Å²) in [6.45, 7) is 2.32. The van der Waals surface area contributed by atoms with Crippen LogP contribution in [0.2, 0.25) is 0 Å². The van der Waals surface area contributed by atoms with Crippen molar-refractivity contribution >= 4 is 35.1 Å². The fourth-order valence-electron chi connectivity index (χ4n) is 2.00. The topological polar surface area (TPSA) is 52.6 Å². The summed E-state index contributed by atoms with van der Waals surface area (Å²) in [5, 5.41) is 0. The van der Waals surface area contributed by atoms with E-state index >= 15 is 0 Å². The van der Waals surface area contributed by atoms with Crippen LogP contribution < -0.4 is 0 Å². The van der Waals surface area contributed by atoms with Crippen LogP contribution in [0.3, 0.4) is 0 Å². The number of hydrogen-bond acceptors (Lipinski definition) is 4. The summed E-state index contributed by atoms with van der Waals surface area (Å²) >= 11 is 11.4. The maximum Gasteiger partial charge on any atom is 0.323 e. The highest BCUT2D eigenvalue weighted by Crippen LogP contribution is 2.34. The number of esters is 2. The first-order valence-corrected chi connectivity index (χ1v) is 8.03. The average molecular weight is 327 g/mol. The molecule has 0 atom stereocenters. The molecule has 20 heavy (non-hydrogen) atoms. The Morgan fingerprint density at radius 1 is 1.00 bits per heavy atom. The fraction of sp³-hybridized carbons (Fsp3) is 0.857. The molecule has 0 N–H and O–H groups in total. The minimum Gasteiger partial charge on any atom is -0.468 e. The smallest absolute Gasteiger partial charge is 0.323 e. The van der Waals surface area contributed by atoms with Crippen molar-refractivity contribution in [3.8, 4) is 0 Å². The molecule has 0 amide bonds. The largest absolute Gasteiger partial charge is 0.468 e. The number of hydrogen-bond donors (Lipinski definition) is 0. The molecule has 0 aromatic rings. The van der Waals surface area contributed by atoms with Gasteiger partial charge < -0.3 is 9.47 Å². The van der Waals surface area contributed by atoms with Gasteiger partial charge in [0, 0.05) is 11.8 Å². The zero-order chi connectivity index (χ0) is 15.4. The van der Waals surface area contributed by atoms with E-state index in [1.165, 1.54) is 7.11 Å². The highest BCUT2D eigenvalue weighted by atomic mass is 35.5. The van der Waals surface area contributed by atoms with Crippen LogP contribution in [-0.2, 0) is 19.1 Å². The van der Waals surface area contributed by atoms with Gasteiger partial charge in [-0.05, 0) is 32.1 Å². The Balaban J connectivity index is 5.02. The molecule has 0 fully saturated rings.